The van der Waals surface area contributed by atoms with Crippen LogP contribution in [0.25, 0.3) is 0 Å². The van der Waals surface area contributed by atoms with Crippen LogP contribution in [0.4, 0.5) is 0 Å². The largest absolute Gasteiger partial charge is 0.158 e. The molecule has 1 atom stereocenters. The van der Waals surface area contributed by atoms with Crippen molar-refractivity contribution in [2.24, 2.45) is 10.8 Å². The molecule has 0 radical (unpaired) electrons. The molecule has 0 aromatic carbocycles. The Morgan fingerprint density at radius 2 is 1.70 bits per heavy atom. The molecule has 1 unspecified atom stereocenters. The van der Waals surface area contributed by atoms with Crippen molar-refractivity contribution in [1.82, 2.24) is 0 Å². The fraction of sp³-hybridized carbons (Fsp3) is 1.00. The van der Waals surface area contributed by atoms with Gasteiger partial charge in [0.05, 0.1) is 0 Å². The minimum absolute atomic E-state index is 0.512. The first-order valence-corrected chi connectivity index (χ1v) is 5.04. The van der Waals surface area contributed by atoms with E-state index in [-0.39, 0.29) is 0 Å². The normalized spacial score (nSPS) is 36.3. The Kier molecular flexibility index (Phi) is 1.83. The number of rotatable bonds is 0. The molecule has 1 fully saturated rings. The molecule has 0 N–H and O–H groups in total. The van der Waals surface area contributed by atoms with Crippen molar-refractivity contribution in [3.63, 3.8) is 0 Å². The van der Waals surface area contributed by atoms with Crippen molar-refractivity contribution in [2.75, 3.05) is 5.75 Å². The van der Waals surface area contributed by atoms with Crippen molar-refractivity contribution in [3.8, 4) is 0 Å². The van der Waals surface area contributed by atoms with Crippen molar-refractivity contribution in [3.05, 3.63) is 0 Å². The zero-order valence-corrected chi connectivity index (χ0v) is 8.51. The van der Waals surface area contributed by atoms with Crippen LogP contribution in [0.3, 0.4) is 0 Å². The third-order valence-corrected chi connectivity index (χ3v) is 5.43. The molecular weight excluding hydrogens is 140 g/mol. The van der Waals surface area contributed by atoms with Crippen LogP contribution in [-0.4, -0.2) is 11.0 Å². The van der Waals surface area contributed by atoms with Crippen molar-refractivity contribution in [2.45, 2.75) is 39.9 Å². The summed E-state index contributed by atoms with van der Waals surface area (Å²) in [5.41, 5.74) is 1.04. The second-order valence-corrected chi connectivity index (χ2v) is 5.89. The summed E-state index contributed by atoms with van der Waals surface area (Å²) in [6, 6.07) is 0. The van der Waals surface area contributed by atoms with Gasteiger partial charge in [-0.1, -0.05) is 34.6 Å². The van der Waals surface area contributed by atoms with E-state index < -0.39 is 0 Å². The Hall–Kier alpha value is 0.350. The molecule has 1 heteroatoms. The highest BCUT2D eigenvalue weighted by Crippen LogP contribution is 2.54. The molecule has 10 heavy (non-hydrogen) atoms. The molecule has 1 aliphatic rings. The Balaban J connectivity index is 2.84. The molecule has 1 aliphatic heterocycles. The van der Waals surface area contributed by atoms with Crippen LogP contribution in [0.15, 0.2) is 0 Å². The molecule has 0 amide bonds. The van der Waals surface area contributed by atoms with Crippen LogP contribution in [-0.2, 0) is 0 Å². The van der Waals surface area contributed by atoms with Gasteiger partial charge in [0.1, 0.15) is 0 Å². The van der Waals surface area contributed by atoms with Gasteiger partial charge < -0.3 is 0 Å². The maximum Gasteiger partial charge on any atom is 0.00755 e. The SMILES string of the molecule is CC1SCC(C)(C)C1(C)C. The van der Waals surface area contributed by atoms with Gasteiger partial charge in [0.25, 0.3) is 0 Å². The predicted molar refractivity (Wildman–Crippen MR) is 49.5 cm³/mol. The van der Waals surface area contributed by atoms with Gasteiger partial charge in [-0.2, -0.15) is 11.8 Å². The van der Waals surface area contributed by atoms with Crippen molar-refractivity contribution >= 4 is 11.8 Å². The van der Waals surface area contributed by atoms with Gasteiger partial charge in [-0.3, -0.25) is 0 Å². The van der Waals surface area contributed by atoms with Gasteiger partial charge in [-0.15, -0.1) is 0 Å². The molecule has 0 spiro atoms. The van der Waals surface area contributed by atoms with Crippen LogP contribution in [0.1, 0.15) is 34.6 Å². The molecule has 1 saturated heterocycles. The Bertz CT molecular complexity index is 136. The van der Waals surface area contributed by atoms with Gasteiger partial charge in [-0.25, -0.2) is 0 Å². The van der Waals surface area contributed by atoms with Gasteiger partial charge in [0.2, 0.25) is 0 Å². The summed E-state index contributed by atoms with van der Waals surface area (Å²) < 4.78 is 0. The average molecular weight is 158 g/mol. The average Bonchev–Trinajstić information content (AvgIpc) is 1.94. The quantitative estimate of drug-likeness (QED) is 0.522. The highest BCUT2D eigenvalue weighted by Gasteiger charge is 2.46. The van der Waals surface area contributed by atoms with Crippen molar-refractivity contribution in [1.29, 1.82) is 0 Å². The second kappa shape index (κ2) is 2.17. The third kappa shape index (κ3) is 0.990. The molecular formula is C9H18S. The molecule has 0 bridgehead atoms. The summed E-state index contributed by atoms with van der Waals surface area (Å²) in [5.74, 6) is 1.32. The third-order valence-electron chi connectivity index (χ3n) is 3.45. The van der Waals surface area contributed by atoms with E-state index in [1.54, 1.807) is 0 Å². The molecule has 0 aliphatic carbocycles. The molecule has 60 valence electrons. The lowest BCUT2D eigenvalue weighted by Gasteiger charge is -2.36. The van der Waals surface area contributed by atoms with E-state index in [2.05, 4.69) is 46.4 Å². The molecule has 1 rings (SSSR count). The van der Waals surface area contributed by atoms with E-state index in [0.29, 0.717) is 10.8 Å². The van der Waals surface area contributed by atoms with Gasteiger partial charge in [-0.05, 0) is 16.6 Å². The highest BCUT2D eigenvalue weighted by atomic mass is 32.2. The van der Waals surface area contributed by atoms with E-state index in [1.165, 1.54) is 5.75 Å². The zero-order valence-electron chi connectivity index (χ0n) is 7.69. The maximum absolute atomic E-state index is 2.39. The summed E-state index contributed by atoms with van der Waals surface area (Å²) in [7, 11) is 0. The number of hydrogen-bond donors (Lipinski definition) is 0. The van der Waals surface area contributed by atoms with Gasteiger partial charge in [0.15, 0.2) is 0 Å². The Morgan fingerprint density at radius 3 is 1.80 bits per heavy atom. The number of thioether (sulfide) groups is 1. The summed E-state index contributed by atoms with van der Waals surface area (Å²) in [6.45, 7) is 11.9. The second-order valence-electron chi connectivity index (χ2n) is 4.56. The molecule has 0 saturated carbocycles. The summed E-state index contributed by atoms with van der Waals surface area (Å²) >= 11 is 2.11. The molecule has 0 aromatic rings. The first kappa shape index (κ1) is 8.45. The summed E-state index contributed by atoms with van der Waals surface area (Å²) in [5, 5.41) is 0.822. The van der Waals surface area contributed by atoms with Gasteiger partial charge >= 0.3 is 0 Å². The van der Waals surface area contributed by atoms with E-state index in [9.17, 15) is 0 Å². The summed E-state index contributed by atoms with van der Waals surface area (Å²) in [4.78, 5) is 0. The van der Waals surface area contributed by atoms with Crippen LogP contribution in [0, 0.1) is 10.8 Å². The van der Waals surface area contributed by atoms with Gasteiger partial charge in [0, 0.05) is 5.25 Å². The van der Waals surface area contributed by atoms with E-state index in [1.807, 2.05) is 0 Å². The first-order chi connectivity index (χ1) is 4.38. The minimum Gasteiger partial charge on any atom is -0.158 e. The maximum atomic E-state index is 2.39. The standard InChI is InChI=1S/C9H18S/c1-7-9(4,5)8(2,3)6-10-7/h7H,6H2,1-5H3. The van der Waals surface area contributed by atoms with E-state index >= 15 is 0 Å². The lowest BCUT2D eigenvalue weighted by atomic mass is 9.68. The summed E-state index contributed by atoms with van der Waals surface area (Å²) in [6.07, 6.45) is 0. The van der Waals surface area contributed by atoms with Crippen LogP contribution in [0.5, 0.6) is 0 Å². The van der Waals surface area contributed by atoms with E-state index in [0.717, 1.165) is 5.25 Å². The fourth-order valence-electron chi connectivity index (χ4n) is 1.28. The van der Waals surface area contributed by atoms with Crippen LogP contribution >= 0.6 is 11.8 Å². The van der Waals surface area contributed by atoms with Crippen LogP contribution < -0.4 is 0 Å². The minimum atomic E-state index is 0.512. The topological polar surface area (TPSA) is 0 Å². The smallest absolute Gasteiger partial charge is 0.00755 e. The zero-order chi connectivity index (χ0) is 7.99. The van der Waals surface area contributed by atoms with Crippen LogP contribution in [0.2, 0.25) is 0 Å². The Labute approximate surface area is 68.8 Å². The monoisotopic (exact) mass is 158 g/mol. The van der Waals surface area contributed by atoms with E-state index in [4.69, 9.17) is 0 Å². The predicted octanol–water partition coefficient (Wildman–Crippen LogP) is 3.17. The molecule has 0 nitrogen and oxygen atoms in total. The number of hydrogen-bond acceptors (Lipinski definition) is 1. The first-order valence-electron chi connectivity index (χ1n) is 3.99. The Morgan fingerprint density at radius 1 is 1.20 bits per heavy atom. The lowest BCUT2D eigenvalue weighted by Crippen LogP contribution is -2.34. The lowest BCUT2D eigenvalue weighted by molar-refractivity contribution is 0.156. The highest BCUT2D eigenvalue weighted by molar-refractivity contribution is 8.00. The van der Waals surface area contributed by atoms with Crippen molar-refractivity contribution < 1.29 is 0 Å². The molecule has 1 heterocycles. The fourth-order valence-corrected chi connectivity index (χ4v) is 3.05. The molecule has 0 aromatic heterocycles.